The first-order chi connectivity index (χ1) is 17.2. The summed E-state index contributed by atoms with van der Waals surface area (Å²) in [6.07, 6.45) is 0.313. The van der Waals surface area contributed by atoms with Crippen LogP contribution in [-0.2, 0) is 20.2 Å². The second-order valence-electron chi connectivity index (χ2n) is 9.20. The second kappa shape index (κ2) is 8.71. The lowest BCUT2D eigenvalue weighted by Gasteiger charge is -2.21. The van der Waals surface area contributed by atoms with Crippen molar-refractivity contribution in [1.82, 2.24) is 9.71 Å². The number of carbonyl (C=O) groups is 1. The van der Waals surface area contributed by atoms with Crippen LogP contribution in [0.5, 0.6) is 5.75 Å². The van der Waals surface area contributed by atoms with Gasteiger partial charge in [0.15, 0.2) is 0 Å². The molecule has 3 aromatic carbocycles. The highest BCUT2D eigenvalue weighted by molar-refractivity contribution is 7.90. The molecule has 1 fully saturated rings. The maximum atomic E-state index is 14.1. The Morgan fingerprint density at radius 2 is 1.83 bits per heavy atom. The van der Waals surface area contributed by atoms with Crippen molar-refractivity contribution in [3.8, 4) is 5.75 Å². The minimum atomic E-state index is -4.25. The fourth-order valence-corrected chi connectivity index (χ4v) is 6.22. The summed E-state index contributed by atoms with van der Waals surface area (Å²) in [4.78, 5) is 18.3. The topological polar surface area (TPSA) is 85.4 Å². The number of nitrogens with one attached hydrogen (secondary N) is 1. The van der Waals surface area contributed by atoms with Crippen LogP contribution in [0.3, 0.4) is 0 Å². The maximum absolute atomic E-state index is 14.1. The SMILES string of the molecule is COc1ccc(C)cc1[C@]1(C(=O)NS(=O)(=O)c2cccc3nc(C)ccc23)C[C@@H]1c1cccc(F)c1. The normalized spacial score (nSPS) is 19.2. The minimum absolute atomic E-state index is 0.0323. The number of hydrogen-bond donors (Lipinski definition) is 1. The third-order valence-electron chi connectivity index (χ3n) is 6.80. The molecule has 2 atom stereocenters. The zero-order valence-electron chi connectivity index (χ0n) is 20.1. The molecule has 1 aromatic heterocycles. The first-order valence-electron chi connectivity index (χ1n) is 11.5. The Labute approximate surface area is 209 Å². The van der Waals surface area contributed by atoms with Crippen LogP contribution in [0.15, 0.2) is 77.7 Å². The number of aryl methyl sites for hydroxylation is 2. The summed E-state index contributed by atoms with van der Waals surface area (Å²) >= 11 is 0. The number of carbonyl (C=O) groups excluding carboxylic acids is 1. The van der Waals surface area contributed by atoms with Gasteiger partial charge >= 0.3 is 0 Å². The molecule has 0 radical (unpaired) electrons. The summed E-state index contributed by atoms with van der Waals surface area (Å²) in [5.74, 6) is -1.05. The van der Waals surface area contributed by atoms with Gasteiger partial charge in [0.1, 0.15) is 11.6 Å². The highest BCUT2D eigenvalue weighted by Gasteiger charge is 2.63. The highest BCUT2D eigenvalue weighted by atomic mass is 32.2. The molecule has 0 unspecified atom stereocenters. The van der Waals surface area contributed by atoms with Crippen LogP contribution in [-0.4, -0.2) is 26.4 Å². The fourth-order valence-electron chi connectivity index (χ4n) is 4.96. The Balaban J connectivity index is 1.60. The van der Waals surface area contributed by atoms with E-state index in [9.17, 15) is 17.6 Å². The van der Waals surface area contributed by atoms with Crippen LogP contribution in [0.2, 0.25) is 0 Å². The second-order valence-corrected chi connectivity index (χ2v) is 10.8. The van der Waals surface area contributed by atoms with Gasteiger partial charge in [-0.05, 0) is 68.3 Å². The third-order valence-corrected chi connectivity index (χ3v) is 8.19. The molecule has 0 spiro atoms. The molecule has 8 heteroatoms. The number of amides is 1. The lowest BCUT2D eigenvalue weighted by Crippen LogP contribution is -2.40. The largest absolute Gasteiger partial charge is 0.496 e. The molecular weight excluding hydrogens is 479 g/mol. The van der Waals surface area contributed by atoms with Crippen LogP contribution in [0.4, 0.5) is 4.39 Å². The van der Waals surface area contributed by atoms with Crippen molar-refractivity contribution in [2.45, 2.75) is 36.5 Å². The molecule has 4 aromatic rings. The van der Waals surface area contributed by atoms with Crippen LogP contribution in [0, 0.1) is 19.7 Å². The molecular formula is C28H25FN2O4S. The Kier molecular flexibility index (Phi) is 5.79. The number of sulfonamides is 1. The zero-order valence-corrected chi connectivity index (χ0v) is 20.9. The van der Waals surface area contributed by atoms with Gasteiger partial charge in [-0.1, -0.05) is 35.9 Å². The first kappa shape index (κ1) is 23.9. The van der Waals surface area contributed by atoms with Crippen LogP contribution in [0.1, 0.15) is 34.7 Å². The number of fused-ring (bicyclic) bond motifs is 1. The molecule has 1 aliphatic carbocycles. The third kappa shape index (κ3) is 4.01. The van der Waals surface area contributed by atoms with Gasteiger partial charge in [0.25, 0.3) is 10.0 Å². The molecule has 0 aliphatic heterocycles. The molecule has 1 amide bonds. The number of aromatic nitrogens is 1. The predicted octanol–water partition coefficient (Wildman–Crippen LogP) is 4.93. The van der Waals surface area contributed by atoms with Crippen molar-refractivity contribution in [1.29, 1.82) is 0 Å². The van der Waals surface area contributed by atoms with Gasteiger partial charge in [0, 0.05) is 22.6 Å². The highest BCUT2D eigenvalue weighted by Crippen LogP contribution is 2.62. The number of ether oxygens (including phenoxy) is 1. The summed E-state index contributed by atoms with van der Waals surface area (Å²) in [5.41, 5.74) is 2.11. The summed E-state index contributed by atoms with van der Waals surface area (Å²) in [6, 6.07) is 19.7. The quantitative estimate of drug-likeness (QED) is 0.403. The fraction of sp³-hybridized carbons (Fsp3) is 0.214. The van der Waals surface area contributed by atoms with E-state index in [1.807, 2.05) is 26.0 Å². The molecule has 1 saturated carbocycles. The number of pyridine rings is 1. The number of benzene rings is 3. The smallest absolute Gasteiger partial charge is 0.264 e. The number of rotatable bonds is 6. The van der Waals surface area contributed by atoms with Gasteiger partial charge in [0.2, 0.25) is 5.91 Å². The molecule has 6 nitrogen and oxygen atoms in total. The van der Waals surface area contributed by atoms with E-state index in [0.717, 1.165) is 11.3 Å². The van der Waals surface area contributed by atoms with Gasteiger partial charge in [0.05, 0.1) is 22.9 Å². The monoisotopic (exact) mass is 504 g/mol. The van der Waals surface area contributed by atoms with Crippen LogP contribution >= 0.6 is 0 Å². The molecule has 1 heterocycles. The van der Waals surface area contributed by atoms with Gasteiger partial charge < -0.3 is 4.74 Å². The summed E-state index contributed by atoms with van der Waals surface area (Å²) in [5, 5.41) is 0.420. The average molecular weight is 505 g/mol. The maximum Gasteiger partial charge on any atom is 0.264 e. The van der Waals surface area contributed by atoms with E-state index in [2.05, 4.69) is 9.71 Å². The van der Waals surface area contributed by atoms with E-state index in [1.54, 1.807) is 42.5 Å². The lowest BCUT2D eigenvalue weighted by molar-refractivity contribution is -0.122. The Hall–Kier alpha value is -3.78. The predicted molar refractivity (Wildman–Crippen MR) is 135 cm³/mol. The van der Waals surface area contributed by atoms with E-state index in [4.69, 9.17) is 4.74 Å². The van der Waals surface area contributed by atoms with Crippen molar-refractivity contribution in [2.24, 2.45) is 0 Å². The van der Waals surface area contributed by atoms with Crippen molar-refractivity contribution in [3.05, 3.63) is 101 Å². The minimum Gasteiger partial charge on any atom is -0.496 e. The zero-order chi connectivity index (χ0) is 25.7. The standard InChI is InChI=1S/C28H25FN2O4S/c1-17-10-13-25(35-3)22(14-17)28(16-23(28)19-6-4-7-20(29)15-19)27(32)31-36(33,34)26-9-5-8-24-21(26)12-11-18(2)30-24/h4-15,23H,16H2,1-3H3,(H,31,32)/t23-,28-/m1/s1. The van der Waals surface area contributed by atoms with E-state index in [0.29, 0.717) is 34.2 Å². The van der Waals surface area contributed by atoms with Crippen LogP contribution in [0.25, 0.3) is 10.9 Å². The van der Waals surface area contributed by atoms with Gasteiger partial charge in [-0.25, -0.2) is 17.5 Å². The van der Waals surface area contributed by atoms with Crippen molar-refractivity contribution < 1.29 is 22.3 Å². The van der Waals surface area contributed by atoms with Gasteiger partial charge in [-0.15, -0.1) is 0 Å². The van der Waals surface area contributed by atoms with E-state index >= 15 is 0 Å². The summed E-state index contributed by atoms with van der Waals surface area (Å²) in [6.45, 7) is 3.71. The average Bonchev–Trinajstić information content (AvgIpc) is 3.60. The number of nitrogens with zero attached hydrogens (tertiary/aromatic N) is 1. The van der Waals surface area contributed by atoms with E-state index in [1.165, 1.54) is 25.3 Å². The van der Waals surface area contributed by atoms with Crippen LogP contribution < -0.4 is 9.46 Å². The van der Waals surface area contributed by atoms with Crippen molar-refractivity contribution in [3.63, 3.8) is 0 Å². The molecule has 0 bridgehead atoms. The Bertz CT molecular complexity index is 1620. The number of hydrogen-bond acceptors (Lipinski definition) is 5. The molecule has 36 heavy (non-hydrogen) atoms. The summed E-state index contributed by atoms with van der Waals surface area (Å²) < 4.78 is 49.0. The molecule has 0 saturated heterocycles. The van der Waals surface area contributed by atoms with E-state index in [-0.39, 0.29) is 4.90 Å². The van der Waals surface area contributed by atoms with Crippen molar-refractivity contribution >= 4 is 26.8 Å². The Morgan fingerprint density at radius 3 is 2.58 bits per heavy atom. The van der Waals surface area contributed by atoms with Gasteiger partial charge in [-0.3, -0.25) is 9.78 Å². The van der Waals surface area contributed by atoms with Crippen molar-refractivity contribution in [2.75, 3.05) is 7.11 Å². The molecule has 5 rings (SSSR count). The Morgan fingerprint density at radius 1 is 1.06 bits per heavy atom. The summed E-state index contributed by atoms with van der Waals surface area (Å²) in [7, 11) is -2.75. The molecule has 1 N–H and O–H groups in total. The van der Waals surface area contributed by atoms with E-state index < -0.39 is 33.1 Å². The molecule has 184 valence electrons. The number of halogens is 1. The first-order valence-corrected chi connectivity index (χ1v) is 13.0. The lowest BCUT2D eigenvalue weighted by atomic mass is 9.88. The molecule has 1 aliphatic rings. The van der Waals surface area contributed by atoms with Gasteiger partial charge in [-0.2, -0.15) is 0 Å². The number of methoxy groups -OCH3 is 1.